The van der Waals surface area contributed by atoms with Gasteiger partial charge in [0.25, 0.3) is 0 Å². The third-order valence-corrected chi connectivity index (χ3v) is 3.83. The Morgan fingerprint density at radius 2 is 2.33 bits per heavy atom. The molecule has 0 saturated carbocycles. The Balaban J connectivity index is 2.28. The Morgan fingerprint density at radius 1 is 1.50 bits per heavy atom. The molecule has 7 nitrogen and oxygen atoms in total. The molecule has 0 aliphatic heterocycles. The van der Waals surface area contributed by atoms with E-state index in [1.54, 1.807) is 7.11 Å². The summed E-state index contributed by atoms with van der Waals surface area (Å²) in [5.41, 5.74) is 2.47. The van der Waals surface area contributed by atoms with Crippen LogP contribution in [0, 0.1) is 0 Å². The lowest BCUT2D eigenvalue weighted by Crippen LogP contribution is -2.10. The highest BCUT2D eigenvalue weighted by Crippen LogP contribution is 2.36. The highest BCUT2D eigenvalue weighted by Gasteiger charge is 2.14. The Bertz CT molecular complexity index is 532. The topological polar surface area (TPSA) is 98.8 Å². The van der Waals surface area contributed by atoms with Gasteiger partial charge in [0.05, 0.1) is 7.11 Å². The van der Waals surface area contributed by atoms with Crippen LogP contribution in [0.25, 0.3) is 0 Å². The fourth-order valence-electron chi connectivity index (χ4n) is 1.22. The number of nitrogen functional groups attached to an aromatic ring is 1. The Labute approximate surface area is 112 Å². The van der Waals surface area contributed by atoms with E-state index < -0.39 is 0 Å². The number of aromatic nitrogens is 4. The summed E-state index contributed by atoms with van der Waals surface area (Å²) >= 11 is 2.71. The van der Waals surface area contributed by atoms with Gasteiger partial charge in [0.15, 0.2) is 20.9 Å². The average Bonchev–Trinajstić information content (AvgIpc) is 2.86. The van der Waals surface area contributed by atoms with Gasteiger partial charge in [-0.05, 0) is 23.3 Å². The number of hydrogen-bond acceptors (Lipinski definition) is 9. The van der Waals surface area contributed by atoms with Crippen LogP contribution in [0.2, 0.25) is 0 Å². The number of nitrogens with one attached hydrogen (secondary N) is 1. The Hall–Kier alpha value is -1.45. The minimum Gasteiger partial charge on any atom is -0.490 e. The van der Waals surface area contributed by atoms with E-state index >= 15 is 0 Å². The molecule has 9 heteroatoms. The van der Waals surface area contributed by atoms with E-state index in [1.807, 2.05) is 6.92 Å². The van der Waals surface area contributed by atoms with Crippen molar-refractivity contribution in [1.82, 2.24) is 19.3 Å². The lowest BCUT2D eigenvalue weighted by molar-refractivity contribution is 0.400. The van der Waals surface area contributed by atoms with E-state index in [1.165, 1.54) is 29.6 Å². The van der Waals surface area contributed by atoms with Crippen molar-refractivity contribution in [3.05, 3.63) is 12.2 Å². The van der Waals surface area contributed by atoms with E-state index in [0.717, 1.165) is 16.6 Å². The van der Waals surface area contributed by atoms with Crippen LogP contribution in [0.1, 0.15) is 12.7 Å². The first-order valence-electron chi connectivity index (χ1n) is 5.14. The summed E-state index contributed by atoms with van der Waals surface area (Å²) in [6.07, 6.45) is 2.23. The molecule has 2 aromatic rings. The van der Waals surface area contributed by atoms with Crippen molar-refractivity contribution in [3.8, 4) is 5.75 Å². The molecule has 2 heterocycles. The molecule has 0 fully saturated rings. The molecule has 0 aromatic carbocycles. The van der Waals surface area contributed by atoms with Gasteiger partial charge in [0, 0.05) is 6.42 Å². The van der Waals surface area contributed by atoms with Gasteiger partial charge in [0.1, 0.15) is 12.2 Å². The molecule has 0 aliphatic rings. The molecule has 3 N–H and O–H groups in total. The summed E-state index contributed by atoms with van der Waals surface area (Å²) in [4.78, 5) is 12.5. The number of aryl methyl sites for hydroxylation is 1. The molecule has 0 saturated heterocycles. The number of methoxy groups -OCH3 is 1. The quantitative estimate of drug-likeness (QED) is 0.482. The first kappa shape index (κ1) is 13.0. The van der Waals surface area contributed by atoms with Crippen molar-refractivity contribution in [1.29, 1.82) is 0 Å². The van der Waals surface area contributed by atoms with Gasteiger partial charge in [-0.2, -0.15) is 4.37 Å². The summed E-state index contributed by atoms with van der Waals surface area (Å²) in [5.74, 6) is 7.12. The molecule has 2 aromatic heterocycles. The molecular weight excluding hydrogens is 272 g/mol. The highest BCUT2D eigenvalue weighted by atomic mass is 32.2. The van der Waals surface area contributed by atoms with Crippen LogP contribution in [-0.2, 0) is 6.42 Å². The van der Waals surface area contributed by atoms with Crippen molar-refractivity contribution in [2.24, 2.45) is 5.84 Å². The van der Waals surface area contributed by atoms with Crippen molar-refractivity contribution in [2.75, 3.05) is 12.5 Å². The van der Waals surface area contributed by atoms with Gasteiger partial charge in [0.2, 0.25) is 0 Å². The second kappa shape index (κ2) is 5.94. The van der Waals surface area contributed by atoms with Crippen LogP contribution in [-0.4, -0.2) is 26.4 Å². The number of ether oxygens (including phenoxy) is 1. The molecular formula is C9H12N6OS2. The Kier molecular flexibility index (Phi) is 4.28. The van der Waals surface area contributed by atoms with Gasteiger partial charge in [-0.1, -0.05) is 6.92 Å². The third-order valence-electron chi connectivity index (χ3n) is 2.06. The van der Waals surface area contributed by atoms with Crippen LogP contribution < -0.4 is 16.0 Å². The first-order chi connectivity index (χ1) is 8.78. The summed E-state index contributed by atoms with van der Waals surface area (Å²) < 4.78 is 10.3. The number of rotatable bonds is 5. The maximum Gasteiger partial charge on any atom is 0.195 e. The molecule has 0 bridgehead atoms. The van der Waals surface area contributed by atoms with Gasteiger partial charge >= 0.3 is 0 Å². The standard InChI is InChI=1S/C9H12N6OS2/c1-3-5-13-9(18-15-5)17-8-6(16-2)7(14-10)11-4-12-8/h4H,3,10H2,1-2H3,(H,11,12,14). The van der Waals surface area contributed by atoms with Crippen LogP contribution in [0.4, 0.5) is 5.82 Å². The van der Waals surface area contributed by atoms with E-state index in [2.05, 4.69) is 24.8 Å². The number of hydrazine groups is 1. The molecule has 0 unspecified atom stereocenters. The van der Waals surface area contributed by atoms with E-state index in [9.17, 15) is 0 Å². The van der Waals surface area contributed by atoms with Crippen LogP contribution >= 0.6 is 23.3 Å². The minimum absolute atomic E-state index is 0.440. The fraction of sp³-hybridized carbons (Fsp3) is 0.333. The van der Waals surface area contributed by atoms with Gasteiger partial charge < -0.3 is 10.2 Å². The predicted molar refractivity (Wildman–Crippen MR) is 69.8 cm³/mol. The van der Waals surface area contributed by atoms with Gasteiger partial charge in [-0.25, -0.2) is 20.8 Å². The number of nitrogens with two attached hydrogens (primary N) is 1. The van der Waals surface area contributed by atoms with Crippen LogP contribution in [0.5, 0.6) is 5.75 Å². The summed E-state index contributed by atoms with van der Waals surface area (Å²) in [7, 11) is 1.54. The maximum atomic E-state index is 5.36. The first-order valence-corrected chi connectivity index (χ1v) is 6.73. The van der Waals surface area contributed by atoms with Crippen molar-refractivity contribution < 1.29 is 4.74 Å². The SMILES string of the molecule is CCc1nsc(Sc2ncnc(NN)c2OC)n1. The molecule has 0 aliphatic carbocycles. The largest absolute Gasteiger partial charge is 0.490 e. The predicted octanol–water partition coefficient (Wildman–Crippen LogP) is 1.34. The number of anilines is 1. The average molecular weight is 284 g/mol. The van der Waals surface area contributed by atoms with Gasteiger partial charge in [-0.3, -0.25) is 0 Å². The molecule has 0 atom stereocenters. The Morgan fingerprint density at radius 3 is 2.94 bits per heavy atom. The van der Waals surface area contributed by atoms with Crippen LogP contribution in [0.3, 0.4) is 0 Å². The second-order valence-corrected chi connectivity index (χ2v) is 5.12. The highest BCUT2D eigenvalue weighted by molar-refractivity contribution is 8.01. The molecule has 18 heavy (non-hydrogen) atoms. The molecule has 96 valence electrons. The van der Waals surface area contributed by atoms with Gasteiger partial charge in [-0.15, -0.1) is 0 Å². The van der Waals surface area contributed by atoms with Crippen molar-refractivity contribution in [2.45, 2.75) is 22.7 Å². The zero-order valence-corrected chi connectivity index (χ0v) is 11.5. The van der Waals surface area contributed by atoms with E-state index in [0.29, 0.717) is 16.6 Å². The van der Waals surface area contributed by atoms with Crippen LogP contribution in [0.15, 0.2) is 15.7 Å². The normalized spacial score (nSPS) is 10.4. The fourth-order valence-corrected chi connectivity index (χ4v) is 2.91. The third kappa shape index (κ3) is 2.68. The number of hydrogen-bond donors (Lipinski definition) is 2. The molecule has 0 spiro atoms. The minimum atomic E-state index is 0.440. The summed E-state index contributed by atoms with van der Waals surface area (Å²) in [5, 5.41) is 0.652. The monoisotopic (exact) mass is 284 g/mol. The molecule has 0 amide bonds. The molecule has 0 radical (unpaired) electrons. The summed E-state index contributed by atoms with van der Waals surface area (Å²) in [6, 6.07) is 0. The molecule has 2 rings (SSSR count). The smallest absolute Gasteiger partial charge is 0.195 e. The lowest BCUT2D eigenvalue weighted by atomic mass is 10.5. The van der Waals surface area contributed by atoms with Crippen molar-refractivity contribution in [3.63, 3.8) is 0 Å². The van der Waals surface area contributed by atoms with Crippen molar-refractivity contribution >= 4 is 29.1 Å². The zero-order valence-electron chi connectivity index (χ0n) is 9.88. The number of nitrogens with zero attached hydrogens (tertiary/aromatic N) is 4. The second-order valence-electron chi connectivity index (χ2n) is 3.14. The maximum absolute atomic E-state index is 5.36. The lowest BCUT2D eigenvalue weighted by Gasteiger charge is -2.08. The summed E-state index contributed by atoms with van der Waals surface area (Å²) in [6.45, 7) is 2.01. The zero-order chi connectivity index (χ0) is 13.0. The van der Waals surface area contributed by atoms with E-state index in [4.69, 9.17) is 10.6 Å². The van der Waals surface area contributed by atoms with E-state index in [-0.39, 0.29) is 0 Å².